The van der Waals surface area contributed by atoms with Gasteiger partial charge in [0.25, 0.3) is 0 Å². The van der Waals surface area contributed by atoms with Crippen LogP contribution in [-0.2, 0) is 4.79 Å². The molecule has 1 aliphatic heterocycles. The molecule has 1 saturated heterocycles. The predicted molar refractivity (Wildman–Crippen MR) is 69.0 cm³/mol. The molecule has 0 aromatic carbocycles. The molecule has 0 saturated carbocycles. The maximum Gasteiger partial charge on any atom is 0.248 e. The Morgan fingerprint density at radius 3 is 2.67 bits per heavy atom. The summed E-state index contributed by atoms with van der Waals surface area (Å²) in [6.07, 6.45) is 4.06. The minimum atomic E-state index is -0.230. The summed E-state index contributed by atoms with van der Waals surface area (Å²) in [6.45, 7) is 9.00. The van der Waals surface area contributed by atoms with E-state index < -0.39 is 0 Å². The molecule has 1 fully saturated rings. The van der Waals surface area contributed by atoms with Crippen LogP contribution in [0.4, 0.5) is 0 Å². The van der Waals surface area contributed by atoms with Crippen molar-refractivity contribution in [2.45, 2.75) is 52.6 Å². The summed E-state index contributed by atoms with van der Waals surface area (Å²) in [5, 5.41) is 8.06. The van der Waals surface area contributed by atoms with Crippen molar-refractivity contribution in [1.82, 2.24) is 19.9 Å². The van der Waals surface area contributed by atoms with Gasteiger partial charge in [0, 0.05) is 18.8 Å². The van der Waals surface area contributed by atoms with E-state index in [0.717, 1.165) is 25.1 Å². The SMILES string of the molecule is Cc1cn(C(C(=O)N2CCCC2C)C(C)C)nn1. The van der Waals surface area contributed by atoms with Crippen LogP contribution in [0.3, 0.4) is 0 Å². The van der Waals surface area contributed by atoms with E-state index in [9.17, 15) is 4.79 Å². The molecule has 18 heavy (non-hydrogen) atoms. The Morgan fingerprint density at radius 1 is 1.50 bits per heavy atom. The van der Waals surface area contributed by atoms with Crippen molar-refractivity contribution in [3.63, 3.8) is 0 Å². The lowest BCUT2D eigenvalue weighted by molar-refractivity contribution is -0.137. The molecular weight excluding hydrogens is 228 g/mol. The summed E-state index contributed by atoms with van der Waals surface area (Å²) in [4.78, 5) is 14.6. The third-order valence-corrected chi connectivity index (χ3v) is 3.63. The number of carbonyl (C=O) groups excluding carboxylic acids is 1. The van der Waals surface area contributed by atoms with Crippen LogP contribution in [0.15, 0.2) is 6.20 Å². The zero-order valence-corrected chi connectivity index (χ0v) is 11.6. The van der Waals surface area contributed by atoms with Crippen LogP contribution in [0, 0.1) is 12.8 Å². The van der Waals surface area contributed by atoms with Crippen molar-refractivity contribution < 1.29 is 4.79 Å². The van der Waals surface area contributed by atoms with Crippen LogP contribution in [-0.4, -0.2) is 38.4 Å². The fraction of sp³-hybridized carbons (Fsp3) is 0.769. The maximum atomic E-state index is 12.6. The van der Waals surface area contributed by atoms with Crippen molar-refractivity contribution >= 4 is 5.91 Å². The van der Waals surface area contributed by atoms with Gasteiger partial charge in [-0.15, -0.1) is 5.10 Å². The first kappa shape index (κ1) is 13.1. The van der Waals surface area contributed by atoms with Crippen molar-refractivity contribution in [3.8, 4) is 0 Å². The second-order valence-electron chi connectivity index (χ2n) is 5.55. The molecular formula is C13H22N4O. The van der Waals surface area contributed by atoms with E-state index in [4.69, 9.17) is 0 Å². The third kappa shape index (κ3) is 2.40. The van der Waals surface area contributed by atoms with E-state index in [1.807, 2.05) is 18.0 Å². The summed E-state index contributed by atoms with van der Waals surface area (Å²) < 4.78 is 1.72. The molecule has 5 nitrogen and oxygen atoms in total. The smallest absolute Gasteiger partial charge is 0.248 e. The highest BCUT2D eigenvalue weighted by molar-refractivity contribution is 5.81. The number of likely N-dealkylation sites (tertiary alicyclic amines) is 1. The molecule has 1 aliphatic rings. The van der Waals surface area contributed by atoms with Gasteiger partial charge in [-0.1, -0.05) is 19.1 Å². The Labute approximate surface area is 108 Å². The molecule has 0 N–H and O–H groups in total. The molecule has 0 aliphatic carbocycles. The summed E-state index contributed by atoms with van der Waals surface area (Å²) in [5.41, 5.74) is 0.850. The molecule has 1 aromatic heterocycles. The zero-order chi connectivity index (χ0) is 13.3. The van der Waals surface area contributed by atoms with Gasteiger partial charge in [-0.05, 0) is 32.6 Å². The first-order valence-corrected chi connectivity index (χ1v) is 6.69. The lowest BCUT2D eigenvalue weighted by atomic mass is 10.0. The molecule has 0 bridgehead atoms. The lowest BCUT2D eigenvalue weighted by Gasteiger charge is -2.28. The highest BCUT2D eigenvalue weighted by atomic mass is 16.2. The molecule has 2 atom stereocenters. The molecule has 2 rings (SSSR count). The van der Waals surface area contributed by atoms with Gasteiger partial charge in [-0.3, -0.25) is 4.79 Å². The van der Waals surface area contributed by atoms with E-state index >= 15 is 0 Å². The van der Waals surface area contributed by atoms with Gasteiger partial charge in [0.2, 0.25) is 5.91 Å². The van der Waals surface area contributed by atoms with Gasteiger partial charge >= 0.3 is 0 Å². The van der Waals surface area contributed by atoms with Crippen molar-refractivity contribution in [3.05, 3.63) is 11.9 Å². The highest BCUT2D eigenvalue weighted by Crippen LogP contribution is 2.25. The highest BCUT2D eigenvalue weighted by Gasteiger charge is 2.34. The van der Waals surface area contributed by atoms with E-state index in [1.165, 1.54) is 0 Å². The summed E-state index contributed by atoms with van der Waals surface area (Å²) >= 11 is 0. The number of hydrogen-bond acceptors (Lipinski definition) is 3. The number of aryl methyl sites for hydroxylation is 1. The molecule has 1 aromatic rings. The molecule has 2 unspecified atom stereocenters. The average Bonchev–Trinajstić information content (AvgIpc) is 2.87. The number of carbonyl (C=O) groups is 1. The lowest BCUT2D eigenvalue weighted by Crippen LogP contribution is -2.41. The van der Waals surface area contributed by atoms with E-state index in [0.29, 0.717) is 6.04 Å². The van der Waals surface area contributed by atoms with Crippen molar-refractivity contribution in [2.75, 3.05) is 6.54 Å². The topological polar surface area (TPSA) is 51.0 Å². The molecule has 100 valence electrons. The number of amides is 1. The van der Waals surface area contributed by atoms with E-state index in [1.54, 1.807) is 4.68 Å². The van der Waals surface area contributed by atoms with Crippen molar-refractivity contribution in [1.29, 1.82) is 0 Å². The van der Waals surface area contributed by atoms with E-state index in [-0.39, 0.29) is 17.9 Å². The second kappa shape index (κ2) is 5.08. The summed E-state index contributed by atoms with van der Waals surface area (Å²) in [7, 11) is 0. The Balaban J connectivity index is 2.22. The molecule has 0 spiro atoms. The average molecular weight is 250 g/mol. The van der Waals surface area contributed by atoms with Crippen LogP contribution in [0.1, 0.15) is 45.3 Å². The van der Waals surface area contributed by atoms with Gasteiger partial charge in [0.1, 0.15) is 6.04 Å². The Bertz CT molecular complexity index is 426. The Hall–Kier alpha value is -1.39. The Kier molecular flexibility index (Phi) is 3.68. The van der Waals surface area contributed by atoms with Gasteiger partial charge in [0.05, 0.1) is 5.69 Å². The monoisotopic (exact) mass is 250 g/mol. The molecule has 1 amide bonds. The fourth-order valence-electron chi connectivity index (χ4n) is 2.64. The van der Waals surface area contributed by atoms with E-state index in [2.05, 4.69) is 31.1 Å². The Morgan fingerprint density at radius 2 is 2.22 bits per heavy atom. The van der Waals surface area contributed by atoms with Crippen molar-refractivity contribution in [2.24, 2.45) is 5.92 Å². The minimum absolute atomic E-state index is 0.180. The summed E-state index contributed by atoms with van der Waals surface area (Å²) in [5.74, 6) is 0.395. The standard InChI is InChI=1S/C13H22N4O/c1-9(2)12(17-8-10(3)14-15-17)13(18)16-7-5-6-11(16)4/h8-9,11-12H,5-7H2,1-4H3. The quantitative estimate of drug-likeness (QED) is 0.822. The molecule has 2 heterocycles. The predicted octanol–water partition coefficient (Wildman–Crippen LogP) is 1.79. The number of hydrogen-bond donors (Lipinski definition) is 0. The second-order valence-corrected chi connectivity index (χ2v) is 5.55. The van der Waals surface area contributed by atoms with Gasteiger partial charge in [-0.2, -0.15) is 0 Å². The largest absolute Gasteiger partial charge is 0.338 e. The fourth-order valence-corrected chi connectivity index (χ4v) is 2.64. The third-order valence-electron chi connectivity index (χ3n) is 3.63. The van der Waals surface area contributed by atoms with Gasteiger partial charge in [-0.25, -0.2) is 4.68 Å². The number of aromatic nitrogens is 3. The maximum absolute atomic E-state index is 12.6. The molecule has 0 radical (unpaired) electrons. The number of rotatable bonds is 3. The van der Waals surface area contributed by atoms with Crippen LogP contribution in [0.2, 0.25) is 0 Å². The van der Waals surface area contributed by atoms with Crippen LogP contribution in [0.25, 0.3) is 0 Å². The normalized spacial score (nSPS) is 21.6. The van der Waals surface area contributed by atoms with Gasteiger partial charge in [0.15, 0.2) is 0 Å². The zero-order valence-electron chi connectivity index (χ0n) is 11.6. The van der Waals surface area contributed by atoms with Crippen LogP contribution >= 0.6 is 0 Å². The summed E-state index contributed by atoms with van der Waals surface area (Å²) in [6, 6.07) is 0.120. The first-order chi connectivity index (χ1) is 8.50. The van der Waals surface area contributed by atoms with Crippen LogP contribution in [0.5, 0.6) is 0 Å². The molecule has 5 heteroatoms. The van der Waals surface area contributed by atoms with Gasteiger partial charge < -0.3 is 4.90 Å². The number of nitrogens with zero attached hydrogens (tertiary/aromatic N) is 4. The minimum Gasteiger partial charge on any atom is -0.338 e. The first-order valence-electron chi connectivity index (χ1n) is 6.69. The van der Waals surface area contributed by atoms with Crippen LogP contribution < -0.4 is 0 Å².